The summed E-state index contributed by atoms with van der Waals surface area (Å²) in [5, 5.41) is 9.01. The minimum absolute atomic E-state index is 0.00904. The van der Waals surface area contributed by atoms with E-state index in [1.54, 1.807) is 0 Å². The molecule has 0 unspecified atom stereocenters. The second-order valence-electron chi connectivity index (χ2n) is 1.92. The van der Waals surface area contributed by atoms with E-state index in [0.29, 0.717) is 0 Å². The van der Waals surface area contributed by atoms with E-state index in [-0.39, 0.29) is 30.9 Å². The molecule has 0 spiro atoms. The van der Waals surface area contributed by atoms with Gasteiger partial charge in [-0.1, -0.05) is 58.0 Å². The highest BCUT2D eigenvalue weighted by Gasteiger charge is 2.17. The molecule has 1 N–H and O–H groups in total. The molecular weight excluding hydrogens is 289 g/mol. The molecule has 6 heteroatoms. The van der Waals surface area contributed by atoms with Crippen molar-refractivity contribution in [3.05, 3.63) is 38.3 Å². The number of benzene rings is 1. The molecule has 0 bridgehead atoms. The number of phenolic OH excluding ortho intramolecular Hbond substituents is 1. The first-order valence-electron chi connectivity index (χ1n) is 3.17. The smallest absolute Gasteiger partial charge is 0.155 e. The van der Waals surface area contributed by atoms with Gasteiger partial charge in [-0.05, 0) is 0 Å². The second kappa shape index (κ2) is 5.94. The van der Waals surface area contributed by atoms with Crippen molar-refractivity contribution in [3.63, 3.8) is 0 Å². The highest BCUT2D eigenvalue weighted by Crippen LogP contribution is 2.47. The van der Waals surface area contributed by atoms with E-state index in [9.17, 15) is 5.11 Å². The Morgan fingerprint density at radius 2 is 0.857 bits per heavy atom. The maximum absolute atomic E-state index is 9.20. The molecule has 0 saturated carbocycles. The molecule has 0 aliphatic rings. The molecule has 0 amide bonds. The quantitative estimate of drug-likeness (QED) is 0.382. The van der Waals surface area contributed by atoms with Crippen LogP contribution in [0.4, 0.5) is 0 Å². The van der Waals surface area contributed by atoms with Crippen LogP contribution in [0.25, 0.3) is 0 Å². The average molecular weight is 294 g/mol. The highest BCUT2D eigenvalue weighted by molar-refractivity contribution is 6.55. The molecule has 0 radical (unpaired) electrons. The highest BCUT2D eigenvalue weighted by atomic mass is 35.5. The van der Waals surface area contributed by atoms with Gasteiger partial charge in [0.25, 0.3) is 0 Å². The molecular formula is C8H5Cl5O. The minimum Gasteiger partial charge on any atom is -0.505 e. The van der Waals surface area contributed by atoms with Crippen LogP contribution in [-0.2, 0) is 0 Å². The Hall–Kier alpha value is 0.210. The molecule has 14 heavy (non-hydrogen) atoms. The van der Waals surface area contributed by atoms with Crippen molar-refractivity contribution < 1.29 is 5.11 Å². The van der Waals surface area contributed by atoms with Crippen molar-refractivity contribution in [3.8, 4) is 5.75 Å². The Morgan fingerprint density at radius 3 is 1.14 bits per heavy atom. The zero-order chi connectivity index (χ0) is 11.5. The van der Waals surface area contributed by atoms with Gasteiger partial charge in [-0.25, -0.2) is 0 Å². The molecule has 1 rings (SSSR count). The largest absolute Gasteiger partial charge is 0.505 e. The SMILES string of the molecule is C=C.Oc1c(Cl)c(Cl)c(Cl)c(Cl)c1Cl. The molecule has 0 aliphatic heterocycles. The number of hydrogen-bond donors (Lipinski definition) is 1. The molecule has 0 atom stereocenters. The summed E-state index contributed by atoms with van der Waals surface area (Å²) >= 11 is 27.9. The van der Waals surface area contributed by atoms with Crippen molar-refractivity contribution >= 4 is 58.0 Å². The van der Waals surface area contributed by atoms with Crippen LogP contribution in [0.2, 0.25) is 25.1 Å². The first kappa shape index (κ1) is 14.2. The Balaban J connectivity index is 0.000000791. The number of aromatic hydroxyl groups is 1. The van der Waals surface area contributed by atoms with E-state index in [4.69, 9.17) is 58.0 Å². The van der Waals surface area contributed by atoms with Crippen LogP contribution in [0.3, 0.4) is 0 Å². The van der Waals surface area contributed by atoms with Gasteiger partial charge < -0.3 is 5.11 Å². The van der Waals surface area contributed by atoms with Gasteiger partial charge >= 0.3 is 0 Å². The van der Waals surface area contributed by atoms with E-state index in [2.05, 4.69) is 13.2 Å². The summed E-state index contributed by atoms with van der Waals surface area (Å²) in [5.41, 5.74) is 0. The van der Waals surface area contributed by atoms with Crippen molar-refractivity contribution in [1.29, 1.82) is 0 Å². The van der Waals surface area contributed by atoms with Gasteiger partial charge in [-0.3, -0.25) is 0 Å². The maximum Gasteiger partial charge on any atom is 0.155 e. The summed E-state index contributed by atoms with van der Waals surface area (Å²) in [6, 6.07) is 0. The topological polar surface area (TPSA) is 20.2 Å². The minimum atomic E-state index is -0.363. The monoisotopic (exact) mass is 292 g/mol. The summed E-state index contributed by atoms with van der Waals surface area (Å²) < 4.78 is 0. The molecule has 0 fully saturated rings. The summed E-state index contributed by atoms with van der Waals surface area (Å²) in [6.07, 6.45) is 0. The molecule has 1 aromatic carbocycles. The molecule has 0 heterocycles. The van der Waals surface area contributed by atoms with Gasteiger partial charge in [-0.2, -0.15) is 0 Å². The fraction of sp³-hybridized carbons (Fsp3) is 0. The van der Waals surface area contributed by atoms with Crippen molar-refractivity contribution in [2.45, 2.75) is 0 Å². The number of halogens is 5. The number of phenols is 1. The average Bonchev–Trinajstić information content (AvgIpc) is 2.24. The van der Waals surface area contributed by atoms with Crippen LogP contribution < -0.4 is 0 Å². The molecule has 0 aliphatic carbocycles. The van der Waals surface area contributed by atoms with E-state index in [1.165, 1.54) is 0 Å². The fourth-order valence-corrected chi connectivity index (χ4v) is 1.72. The summed E-state index contributed by atoms with van der Waals surface area (Å²) in [6.45, 7) is 6.00. The van der Waals surface area contributed by atoms with Crippen LogP contribution in [0.1, 0.15) is 0 Å². The first-order chi connectivity index (χ1) is 6.46. The van der Waals surface area contributed by atoms with Gasteiger partial charge in [0.1, 0.15) is 10.0 Å². The lowest BCUT2D eigenvalue weighted by molar-refractivity contribution is 0.476. The molecule has 78 valence electrons. The van der Waals surface area contributed by atoms with E-state index in [0.717, 1.165) is 0 Å². The standard InChI is InChI=1S/C6HCl5O.C2H4/c7-1-2(8)4(10)6(12)5(11)3(1)9;1-2/h12H;1-2H2. The van der Waals surface area contributed by atoms with E-state index in [1.807, 2.05) is 0 Å². The second-order valence-corrected chi connectivity index (χ2v) is 3.81. The van der Waals surface area contributed by atoms with Gasteiger partial charge in [-0.15, -0.1) is 13.2 Å². The van der Waals surface area contributed by atoms with E-state index < -0.39 is 0 Å². The Labute approximate surface area is 107 Å². The number of rotatable bonds is 0. The third kappa shape index (κ3) is 2.62. The third-order valence-electron chi connectivity index (χ3n) is 1.19. The van der Waals surface area contributed by atoms with Crippen molar-refractivity contribution in [2.75, 3.05) is 0 Å². The van der Waals surface area contributed by atoms with Gasteiger partial charge in [0.2, 0.25) is 0 Å². The Kier molecular flexibility index (Phi) is 6.03. The summed E-state index contributed by atoms with van der Waals surface area (Å²) in [7, 11) is 0. The molecule has 1 aromatic rings. The summed E-state index contributed by atoms with van der Waals surface area (Å²) in [4.78, 5) is 0. The van der Waals surface area contributed by atoms with E-state index >= 15 is 0 Å². The van der Waals surface area contributed by atoms with Crippen LogP contribution in [0.15, 0.2) is 13.2 Å². The van der Waals surface area contributed by atoms with Crippen LogP contribution in [0, 0.1) is 0 Å². The lowest BCUT2D eigenvalue weighted by Crippen LogP contribution is -1.78. The zero-order valence-corrected chi connectivity index (χ0v) is 10.5. The molecule has 1 nitrogen and oxygen atoms in total. The Morgan fingerprint density at radius 1 is 0.643 bits per heavy atom. The Bertz CT molecular complexity index is 245. The van der Waals surface area contributed by atoms with Crippen molar-refractivity contribution in [1.82, 2.24) is 0 Å². The van der Waals surface area contributed by atoms with Gasteiger partial charge in [0.15, 0.2) is 5.75 Å². The fourth-order valence-electron chi connectivity index (χ4n) is 0.593. The zero-order valence-electron chi connectivity index (χ0n) is 6.75. The normalized spacial score (nSPS) is 9.21. The van der Waals surface area contributed by atoms with Crippen LogP contribution >= 0.6 is 58.0 Å². The van der Waals surface area contributed by atoms with Gasteiger partial charge in [0, 0.05) is 0 Å². The molecule has 0 saturated heterocycles. The predicted octanol–water partition coefficient (Wildman–Crippen LogP) is 5.46. The first-order valence-corrected chi connectivity index (χ1v) is 5.06. The number of hydrogen-bond acceptors (Lipinski definition) is 1. The third-order valence-corrected chi connectivity index (χ3v) is 3.44. The summed E-state index contributed by atoms with van der Waals surface area (Å²) in [5.74, 6) is -0.363. The van der Waals surface area contributed by atoms with Crippen LogP contribution in [0.5, 0.6) is 5.75 Å². The predicted molar refractivity (Wildman–Crippen MR) is 64.4 cm³/mol. The lowest BCUT2D eigenvalue weighted by Gasteiger charge is -2.06. The lowest BCUT2D eigenvalue weighted by atomic mass is 10.3. The van der Waals surface area contributed by atoms with Crippen molar-refractivity contribution in [2.24, 2.45) is 0 Å². The maximum atomic E-state index is 9.20. The molecule has 0 aromatic heterocycles. The van der Waals surface area contributed by atoms with Gasteiger partial charge in [0.05, 0.1) is 15.1 Å². The van der Waals surface area contributed by atoms with Crippen LogP contribution in [-0.4, -0.2) is 5.11 Å².